The van der Waals surface area contributed by atoms with E-state index in [0.717, 1.165) is 17.2 Å². The topological polar surface area (TPSA) is 75.9 Å². The highest BCUT2D eigenvalue weighted by Gasteiger charge is 2.26. The summed E-state index contributed by atoms with van der Waals surface area (Å²) in [7, 11) is 1.56. The van der Waals surface area contributed by atoms with Gasteiger partial charge < -0.3 is 14.5 Å². The molecule has 0 spiro atoms. The minimum absolute atomic E-state index is 0.0182. The molecule has 1 saturated heterocycles. The lowest BCUT2D eigenvalue weighted by molar-refractivity contribution is -0.117. The van der Waals surface area contributed by atoms with Crippen LogP contribution in [0.1, 0.15) is 0 Å². The number of hydrogen-bond donors (Lipinski definition) is 0. The van der Waals surface area contributed by atoms with Gasteiger partial charge in [-0.1, -0.05) is 0 Å². The Hall–Kier alpha value is -3.16. The lowest BCUT2D eigenvalue weighted by Gasteiger charge is -2.34. The highest BCUT2D eigenvalue weighted by Crippen LogP contribution is 2.22. The van der Waals surface area contributed by atoms with Crippen molar-refractivity contribution in [3.8, 4) is 5.88 Å². The van der Waals surface area contributed by atoms with Crippen LogP contribution >= 0.6 is 0 Å². The first-order chi connectivity index (χ1) is 11.7. The standard InChI is InChI=1S/C16H16N6O2/c1-24-15-10-12(2-5-17-15)21-9-8-20(11-16(21)23)13-4-7-22-14(19-13)3-6-18-22/h2-7,10H,8-9,11H2,1H3. The number of carbonyl (C=O) groups is 1. The van der Waals surface area contributed by atoms with Crippen LogP contribution in [0.5, 0.6) is 5.88 Å². The summed E-state index contributed by atoms with van der Waals surface area (Å²) >= 11 is 0. The van der Waals surface area contributed by atoms with E-state index in [9.17, 15) is 4.79 Å². The molecule has 122 valence electrons. The molecule has 4 heterocycles. The molecule has 4 rings (SSSR count). The third-order valence-electron chi connectivity index (χ3n) is 4.03. The molecule has 1 amide bonds. The fourth-order valence-corrected chi connectivity index (χ4v) is 2.80. The second-order valence-corrected chi connectivity index (χ2v) is 5.44. The predicted molar refractivity (Wildman–Crippen MR) is 88.3 cm³/mol. The van der Waals surface area contributed by atoms with E-state index in [-0.39, 0.29) is 12.5 Å². The molecular weight excluding hydrogens is 308 g/mol. The number of fused-ring (bicyclic) bond motifs is 1. The second kappa shape index (κ2) is 5.80. The molecule has 0 aromatic carbocycles. The van der Waals surface area contributed by atoms with E-state index in [0.29, 0.717) is 19.0 Å². The van der Waals surface area contributed by atoms with Crippen molar-refractivity contribution in [3.05, 3.63) is 42.9 Å². The minimum Gasteiger partial charge on any atom is -0.481 e. The highest BCUT2D eigenvalue weighted by molar-refractivity contribution is 5.97. The third kappa shape index (κ3) is 2.51. The summed E-state index contributed by atoms with van der Waals surface area (Å²) in [6.45, 7) is 1.56. The van der Waals surface area contributed by atoms with Gasteiger partial charge in [-0.3, -0.25) is 4.79 Å². The normalized spacial score (nSPS) is 15.1. The van der Waals surface area contributed by atoms with Crippen LogP contribution in [0.25, 0.3) is 5.65 Å². The predicted octanol–water partition coefficient (Wildman–Crippen LogP) is 0.986. The van der Waals surface area contributed by atoms with Crippen molar-refractivity contribution in [2.75, 3.05) is 36.5 Å². The quantitative estimate of drug-likeness (QED) is 0.715. The van der Waals surface area contributed by atoms with E-state index >= 15 is 0 Å². The third-order valence-corrected chi connectivity index (χ3v) is 4.03. The second-order valence-electron chi connectivity index (χ2n) is 5.44. The smallest absolute Gasteiger partial charge is 0.246 e. The number of piperazine rings is 1. The molecule has 3 aromatic heterocycles. The summed E-state index contributed by atoms with van der Waals surface area (Å²) in [4.78, 5) is 24.9. The first-order valence-electron chi connectivity index (χ1n) is 7.60. The average Bonchev–Trinajstić information content (AvgIpc) is 3.09. The van der Waals surface area contributed by atoms with Crippen molar-refractivity contribution < 1.29 is 9.53 Å². The molecular formula is C16H16N6O2. The van der Waals surface area contributed by atoms with Crippen LogP contribution in [-0.2, 0) is 4.79 Å². The summed E-state index contributed by atoms with van der Waals surface area (Å²) in [6.07, 6.45) is 5.19. The fraction of sp³-hybridized carbons (Fsp3) is 0.250. The van der Waals surface area contributed by atoms with Gasteiger partial charge in [0.05, 0.1) is 25.5 Å². The van der Waals surface area contributed by atoms with Crippen molar-refractivity contribution in [2.24, 2.45) is 0 Å². The first-order valence-corrected chi connectivity index (χ1v) is 7.60. The van der Waals surface area contributed by atoms with Gasteiger partial charge in [-0.15, -0.1) is 0 Å². The van der Waals surface area contributed by atoms with Crippen LogP contribution in [0.15, 0.2) is 42.9 Å². The van der Waals surface area contributed by atoms with Crippen LogP contribution in [0.3, 0.4) is 0 Å². The number of carbonyl (C=O) groups excluding carboxylic acids is 1. The molecule has 0 N–H and O–H groups in total. The van der Waals surface area contributed by atoms with E-state index in [1.807, 2.05) is 29.3 Å². The number of aromatic nitrogens is 4. The van der Waals surface area contributed by atoms with Gasteiger partial charge in [-0.2, -0.15) is 5.10 Å². The number of amides is 1. The number of ether oxygens (including phenoxy) is 1. The van der Waals surface area contributed by atoms with Crippen LogP contribution in [0, 0.1) is 0 Å². The molecule has 3 aromatic rings. The summed E-state index contributed by atoms with van der Waals surface area (Å²) < 4.78 is 6.83. The molecule has 1 aliphatic rings. The van der Waals surface area contributed by atoms with Crippen molar-refractivity contribution in [1.82, 2.24) is 19.6 Å². The number of pyridine rings is 1. The molecule has 1 aliphatic heterocycles. The molecule has 0 bridgehead atoms. The molecule has 0 radical (unpaired) electrons. The number of nitrogens with zero attached hydrogens (tertiary/aromatic N) is 6. The van der Waals surface area contributed by atoms with Crippen LogP contribution in [-0.4, -0.2) is 52.2 Å². The maximum Gasteiger partial charge on any atom is 0.246 e. The summed E-state index contributed by atoms with van der Waals surface area (Å²) in [6, 6.07) is 7.29. The van der Waals surface area contributed by atoms with Crippen LogP contribution in [0.2, 0.25) is 0 Å². The van der Waals surface area contributed by atoms with E-state index < -0.39 is 0 Å². The maximum atomic E-state index is 12.6. The Kier molecular flexibility index (Phi) is 3.49. The summed E-state index contributed by atoms with van der Waals surface area (Å²) in [5.41, 5.74) is 1.56. The van der Waals surface area contributed by atoms with Crippen molar-refractivity contribution in [1.29, 1.82) is 0 Å². The van der Waals surface area contributed by atoms with Gasteiger partial charge in [0.25, 0.3) is 0 Å². The summed E-state index contributed by atoms with van der Waals surface area (Å²) in [5, 5.41) is 4.13. The Morgan fingerprint density at radius 2 is 2.08 bits per heavy atom. The van der Waals surface area contributed by atoms with Crippen molar-refractivity contribution >= 4 is 23.1 Å². The van der Waals surface area contributed by atoms with Gasteiger partial charge in [0.1, 0.15) is 5.82 Å². The molecule has 0 aliphatic carbocycles. The lowest BCUT2D eigenvalue weighted by Crippen LogP contribution is -2.51. The zero-order valence-corrected chi connectivity index (χ0v) is 13.2. The molecule has 24 heavy (non-hydrogen) atoms. The lowest BCUT2D eigenvalue weighted by atomic mass is 10.2. The largest absolute Gasteiger partial charge is 0.481 e. The Bertz CT molecular complexity index is 893. The zero-order valence-electron chi connectivity index (χ0n) is 13.2. The molecule has 8 nitrogen and oxygen atoms in total. The van der Waals surface area contributed by atoms with Gasteiger partial charge in [0.15, 0.2) is 5.65 Å². The molecule has 0 unspecified atom stereocenters. The van der Waals surface area contributed by atoms with Crippen LogP contribution in [0.4, 0.5) is 11.5 Å². The SMILES string of the molecule is COc1cc(N2CCN(c3ccn4nccc4n3)CC2=O)ccn1. The first kappa shape index (κ1) is 14.4. The molecule has 0 saturated carbocycles. The van der Waals surface area contributed by atoms with Gasteiger partial charge >= 0.3 is 0 Å². The van der Waals surface area contributed by atoms with Gasteiger partial charge in [-0.25, -0.2) is 14.5 Å². The zero-order chi connectivity index (χ0) is 16.5. The maximum absolute atomic E-state index is 12.6. The number of rotatable bonds is 3. The van der Waals surface area contributed by atoms with Gasteiger partial charge in [-0.05, 0) is 12.1 Å². The van der Waals surface area contributed by atoms with Crippen molar-refractivity contribution in [3.63, 3.8) is 0 Å². The van der Waals surface area contributed by atoms with E-state index in [4.69, 9.17) is 4.74 Å². The van der Waals surface area contributed by atoms with Gasteiger partial charge in [0, 0.05) is 37.6 Å². The minimum atomic E-state index is 0.0182. The number of methoxy groups -OCH3 is 1. The molecule has 1 fully saturated rings. The molecule has 0 atom stereocenters. The van der Waals surface area contributed by atoms with E-state index in [1.54, 1.807) is 35.0 Å². The van der Waals surface area contributed by atoms with E-state index in [2.05, 4.69) is 15.1 Å². The fourth-order valence-electron chi connectivity index (χ4n) is 2.80. The molecule has 8 heteroatoms. The van der Waals surface area contributed by atoms with E-state index in [1.165, 1.54) is 0 Å². The Balaban J connectivity index is 1.54. The number of hydrogen-bond acceptors (Lipinski definition) is 6. The average molecular weight is 324 g/mol. The van der Waals surface area contributed by atoms with Crippen LogP contribution < -0.4 is 14.5 Å². The number of anilines is 2. The Morgan fingerprint density at radius 1 is 1.17 bits per heavy atom. The Labute approximate surface area is 138 Å². The van der Waals surface area contributed by atoms with Gasteiger partial charge in [0.2, 0.25) is 11.8 Å². The highest BCUT2D eigenvalue weighted by atomic mass is 16.5. The monoisotopic (exact) mass is 324 g/mol. The summed E-state index contributed by atoms with van der Waals surface area (Å²) in [5.74, 6) is 1.29. The van der Waals surface area contributed by atoms with Crippen molar-refractivity contribution in [2.45, 2.75) is 0 Å². The Morgan fingerprint density at radius 3 is 2.92 bits per heavy atom.